The van der Waals surface area contributed by atoms with Crippen LogP contribution in [0.15, 0.2) is 18.2 Å². The highest BCUT2D eigenvalue weighted by atomic mass is 16.5. The number of ether oxygens (including phenoxy) is 1. The SMILES string of the molecule is Cc1cc(C(N)=O)ccc1CNCCOCC(C)C. The minimum Gasteiger partial charge on any atom is -0.380 e. The van der Waals surface area contributed by atoms with E-state index < -0.39 is 0 Å². The Bertz CT molecular complexity index is 417. The van der Waals surface area contributed by atoms with Gasteiger partial charge < -0.3 is 15.8 Å². The van der Waals surface area contributed by atoms with Crippen molar-refractivity contribution in [3.05, 3.63) is 34.9 Å². The molecule has 0 saturated carbocycles. The second-order valence-corrected chi connectivity index (χ2v) is 5.15. The number of benzene rings is 1. The first kappa shape index (κ1) is 15.7. The van der Waals surface area contributed by atoms with Gasteiger partial charge in [-0.25, -0.2) is 0 Å². The molecule has 1 amide bonds. The van der Waals surface area contributed by atoms with Gasteiger partial charge in [-0.05, 0) is 36.1 Å². The van der Waals surface area contributed by atoms with Crippen molar-refractivity contribution in [3.8, 4) is 0 Å². The number of aryl methyl sites for hydroxylation is 1. The Labute approximate surface area is 115 Å². The van der Waals surface area contributed by atoms with Crippen LogP contribution >= 0.6 is 0 Å². The van der Waals surface area contributed by atoms with Crippen molar-refractivity contribution >= 4 is 5.91 Å². The zero-order chi connectivity index (χ0) is 14.3. The third-order valence-corrected chi connectivity index (χ3v) is 2.82. The Kier molecular flexibility index (Phi) is 6.53. The van der Waals surface area contributed by atoms with E-state index in [0.717, 1.165) is 31.9 Å². The van der Waals surface area contributed by atoms with E-state index in [0.29, 0.717) is 11.5 Å². The predicted molar refractivity (Wildman–Crippen MR) is 77.1 cm³/mol. The lowest BCUT2D eigenvalue weighted by Gasteiger charge is -2.10. The summed E-state index contributed by atoms with van der Waals surface area (Å²) in [6.45, 7) is 9.37. The summed E-state index contributed by atoms with van der Waals surface area (Å²) in [6.07, 6.45) is 0. The minimum absolute atomic E-state index is 0.385. The molecule has 19 heavy (non-hydrogen) atoms. The lowest BCUT2D eigenvalue weighted by Crippen LogP contribution is -2.21. The molecule has 106 valence electrons. The highest BCUT2D eigenvalue weighted by Crippen LogP contribution is 2.10. The standard InChI is InChI=1S/C15H24N2O2/c1-11(2)10-19-7-6-17-9-14-5-4-13(15(16)18)8-12(14)3/h4-5,8,11,17H,6-7,9-10H2,1-3H3,(H2,16,18). The molecule has 0 unspecified atom stereocenters. The second-order valence-electron chi connectivity index (χ2n) is 5.15. The molecule has 0 aliphatic heterocycles. The predicted octanol–water partition coefficient (Wildman–Crippen LogP) is 1.86. The first-order valence-corrected chi connectivity index (χ1v) is 6.68. The maximum Gasteiger partial charge on any atom is 0.248 e. The van der Waals surface area contributed by atoms with Gasteiger partial charge in [-0.1, -0.05) is 19.9 Å². The molecule has 0 fully saturated rings. The lowest BCUT2D eigenvalue weighted by molar-refractivity contribution is 0.1000. The monoisotopic (exact) mass is 264 g/mol. The molecule has 4 heteroatoms. The van der Waals surface area contributed by atoms with E-state index in [4.69, 9.17) is 10.5 Å². The van der Waals surface area contributed by atoms with Crippen molar-refractivity contribution in [1.29, 1.82) is 0 Å². The van der Waals surface area contributed by atoms with Crippen LogP contribution in [-0.2, 0) is 11.3 Å². The number of amides is 1. The molecule has 0 aromatic heterocycles. The second kappa shape index (κ2) is 7.92. The topological polar surface area (TPSA) is 64.4 Å². The van der Waals surface area contributed by atoms with Gasteiger partial charge in [0.05, 0.1) is 6.61 Å². The van der Waals surface area contributed by atoms with Crippen LogP contribution in [0.2, 0.25) is 0 Å². The zero-order valence-corrected chi connectivity index (χ0v) is 12.0. The lowest BCUT2D eigenvalue weighted by atomic mass is 10.0. The van der Waals surface area contributed by atoms with Crippen molar-refractivity contribution < 1.29 is 9.53 Å². The first-order valence-electron chi connectivity index (χ1n) is 6.68. The Morgan fingerprint density at radius 1 is 1.42 bits per heavy atom. The summed E-state index contributed by atoms with van der Waals surface area (Å²) in [5.41, 5.74) is 8.05. The molecule has 1 rings (SSSR count). The molecule has 0 atom stereocenters. The molecule has 4 nitrogen and oxygen atoms in total. The average Bonchev–Trinajstić information content (AvgIpc) is 2.34. The van der Waals surface area contributed by atoms with E-state index in [1.54, 1.807) is 6.07 Å². The van der Waals surface area contributed by atoms with Crippen molar-refractivity contribution in [3.63, 3.8) is 0 Å². The number of carbonyl (C=O) groups excluding carboxylic acids is 1. The van der Waals surface area contributed by atoms with Gasteiger partial charge in [0.1, 0.15) is 0 Å². The molecule has 0 radical (unpaired) electrons. The molecule has 1 aromatic rings. The molecular weight excluding hydrogens is 240 g/mol. The van der Waals surface area contributed by atoms with Gasteiger partial charge in [-0.3, -0.25) is 4.79 Å². The summed E-state index contributed by atoms with van der Waals surface area (Å²) in [4.78, 5) is 11.0. The van der Waals surface area contributed by atoms with E-state index in [-0.39, 0.29) is 5.91 Å². The first-order chi connectivity index (χ1) is 9.00. The van der Waals surface area contributed by atoms with Crippen molar-refractivity contribution in [1.82, 2.24) is 5.32 Å². The molecule has 0 heterocycles. The van der Waals surface area contributed by atoms with Crippen molar-refractivity contribution in [2.24, 2.45) is 11.7 Å². The van der Waals surface area contributed by atoms with Crippen LogP contribution in [0.4, 0.5) is 0 Å². The number of carbonyl (C=O) groups is 1. The smallest absolute Gasteiger partial charge is 0.248 e. The minimum atomic E-state index is -0.385. The van der Waals surface area contributed by atoms with E-state index >= 15 is 0 Å². The summed E-state index contributed by atoms with van der Waals surface area (Å²) in [7, 11) is 0. The van der Waals surface area contributed by atoms with Crippen LogP contribution in [0, 0.1) is 12.8 Å². The van der Waals surface area contributed by atoms with Gasteiger partial charge in [0.2, 0.25) is 5.91 Å². The molecule has 0 spiro atoms. The van der Waals surface area contributed by atoms with Crippen molar-refractivity contribution in [2.45, 2.75) is 27.3 Å². The third-order valence-electron chi connectivity index (χ3n) is 2.82. The maximum absolute atomic E-state index is 11.0. The van der Waals surface area contributed by atoms with E-state index in [9.17, 15) is 4.79 Å². The van der Waals surface area contributed by atoms with Gasteiger partial charge in [0.15, 0.2) is 0 Å². The summed E-state index contributed by atoms with van der Waals surface area (Å²) in [5, 5.41) is 3.32. The van der Waals surface area contributed by atoms with Crippen molar-refractivity contribution in [2.75, 3.05) is 19.8 Å². The van der Waals surface area contributed by atoms with E-state index in [1.807, 2.05) is 19.1 Å². The Balaban J connectivity index is 2.32. The van der Waals surface area contributed by atoms with Crippen LogP contribution in [0.25, 0.3) is 0 Å². The summed E-state index contributed by atoms with van der Waals surface area (Å²) in [6, 6.07) is 5.54. The number of nitrogens with two attached hydrogens (primary N) is 1. The van der Waals surface area contributed by atoms with Gasteiger partial charge in [-0.2, -0.15) is 0 Å². The van der Waals surface area contributed by atoms with Crippen LogP contribution in [0.5, 0.6) is 0 Å². The summed E-state index contributed by atoms with van der Waals surface area (Å²) >= 11 is 0. The Morgan fingerprint density at radius 2 is 2.16 bits per heavy atom. The molecule has 0 aliphatic carbocycles. The number of primary amides is 1. The summed E-state index contributed by atoms with van der Waals surface area (Å²) in [5.74, 6) is 0.188. The zero-order valence-electron chi connectivity index (χ0n) is 12.0. The molecule has 3 N–H and O–H groups in total. The largest absolute Gasteiger partial charge is 0.380 e. The number of rotatable bonds is 8. The maximum atomic E-state index is 11.0. The highest BCUT2D eigenvalue weighted by molar-refractivity contribution is 5.93. The quantitative estimate of drug-likeness (QED) is 0.704. The fourth-order valence-electron chi connectivity index (χ4n) is 1.73. The highest BCUT2D eigenvalue weighted by Gasteiger charge is 2.03. The molecule has 0 aliphatic rings. The summed E-state index contributed by atoms with van der Waals surface area (Å²) < 4.78 is 5.49. The fourth-order valence-corrected chi connectivity index (χ4v) is 1.73. The molecular formula is C15H24N2O2. The van der Waals surface area contributed by atoms with Crippen LogP contribution in [0.3, 0.4) is 0 Å². The molecule has 0 bridgehead atoms. The molecule has 1 aromatic carbocycles. The van der Waals surface area contributed by atoms with Gasteiger partial charge in [-0.15, -0.1) is 0 Å². The van der Waals surface area contributed by atoms with Crippen LogP contribution in [-0.4, -0.2) is 25.7 Å². The van der Waals surface area contributed by atoms with Gasteiger partial charge >= 0.3 is 0 Å². The van der Waals surface area contributed by atoms with Gasteiger partial charge in [0.25, 0.3) is 0 Å². The number of nitrogens with one attached hydrogen (secondary N) is 1. The Hall–Kier alpha value is -1.39. The van der Waals surface area contributed by atoms with E-state index in [1.165, 1.54) is 5.56 Å². The fraction of sp³-hybridized carbons (Fsp3) is 0.533. The number of hydrogen-bond acceptors (Lipinski definition) is 3. The number of hydrogen-bond donors (Lipinski definition) is 2. The van der Waals surface area contributed by atoms with Crippen LogP contribution < -0.4 is 11.1 Å². The Morgan fingerprint density at radius 3 is 2.74 bits per heavy atom. The third kappa shape index (κ3) is 5.85. The average molecular weight is 264 g/mol. The molecule has 0 saturated heterocycles. The van der Waals surface area contributed by atoms with E-state index in [2.05, 4.69) is 19.2 Å². The van der Waals surface area contributed by atoms with Gasteiger partial charge in [0, 0.05) is 25.3 Å². The van der Waals surface area contributed by atoms with Crippen LogP contribution in [0.1, 0.15) is 35.3 Å². The normalized spacial score (nSPS) is 10.9.